The molecular weight excluding hydrogens is 428 g/mol. The van der Waals surface area contributed by atoms with E-state index in [-0.39, 0.29) is 16.8 Å². The van der Waals surface area contributed by atoms with Crippen LogP contribution in [0.1, 0.15) is 52.3 Å². The van der Waals surface area contributed by atoms with Crippen molar-refractivity contribution in [2.24, 2.45) is 0 Å². The van der Waals surface area contributed by atoms with Crippen LogP contribution in [0, 0.1) is 0 Å². The second-order valence-corrected chi connectivity index (χ2v) is 10.3. The maximum Gasteiger partial charge on any atom is 0.243 e. The fourth-order valence-electron chi connectivity index (χ4n) is 4.36. The number of carbonyl (C=O) groups excluding carboxylic acids is 1. The molecule has 1 aromatic heterocycles. The Morgan fingerprint density at radius 3 is 2.50 bits per heavy atom. The fourth-order valence-corrected chi connectivity index (χ4v) is 5.78. The predicted molar refractivity (Wildman–Crippen MR) is 125 cm³/mol. The van der Waals surface area contributed by atoms with Crippen LogP contribution in [0.15, 0.2) is 23.1 Å². The van der Waals surface area contributed by atoms with Crippen molar-refractivity contribution in [3.8, 4) is 0 Å². The number of hydrogen-bond donors (Lipinski definition) is 0. The number of aromatic nitrogens is 2. The fraction of sp³-hybridized carbons (Fsp3) is 0.652. The number of rotatable bonds is 10. The Balaban J connectivity index is 1.85. The molecule has 0 spiro atoms. The Labute approximate surface area is 191 Å². The molecule has 1 aromatic carbocycles. The molecule has 1 fully saturated rings. The van der Waals surface area contributed by atoms with E-state index in [0.717, 1.165) is 37.1 Å². The molecule has 9 heteroatoms. The third kappa shape index (κ3) is 5.15. The van der Waals surface area contributed by atoms with Crippen molar-refractivity contribution >= 4 is 27.0 Å². The minimum absolute atomic E-state index is 0.115. The normalized spacial score (nSPS) is 15.5. The number of aryl methyl sites for hydroxylation is 2. The Kier molecular flexibility index (Phi) is 8.30. The number of hydrogen-bond acceptors (Lipinski definition) is 5. The van der Waals surface area contributed by atoms with Gasteiger partial charge in [0.05, 0.1) is 29.1 Å². The molecule has 1 amide bonds. The summed E-state index contributed by atoms with van der Waals surface area (Å²) in [4.78, 5) is 19.6. The molecular formula is C23H36N4O4S. The van der Waals surface area contributed by atoms with E-state index in [9.17, 15) is 13.2 Å². The molecule has 0 aliphatic carbocycles. The van der Waals surface area contributed by atoms with E-state index >= 15 is 0 Å². The molecule has 8 nitrogen and oxygen atoms in total. The number of sulfonamides is 1. The summed E-state index contributed by atoms with van der Waals surface area (Å²) in [5.74, 6) is 0.943. The van der Waals surface area contributed by atoms with Crippen LogP contribution in [0.3, 0.4) is 0 Å². The standard InChI is InChI=1S/C23H36N4O4S/c1-5-12-27-21-9-8-19(32(29,30)26-13-15-31-16-14-26)17-20(21)24-22(27)10-11-23(28)25(4)18(6-2)7-3/h8-9,17-18H,5-7,10-16H2,1-4H3. The van der Waals surface area contributed by atoms with E-state index in [1.807, 2.05) is 18.0 Å². The van der Waals surface area contributed by atoms with Crippen LogP contribution in [0.25, 0.3) is 11.0 Å². The summed E-state index contributed by atoms with van der Waals surface area (Å²) < 4.78 is 35.0. The minimum atomic E-state index is -3.58. The van der Waals surface area contributed by atoms with Gasteiger partial charge in [-0.2, -0.15) is 4.31 Å². The molecule has 1 saturated heterocycles. The smallest absolute Gasteiger partial charge is 0.243 e. The first-order valence-corrected chi connectivity index (χ1v) is 13.1. The summed E-state index contributed by atoms with van der Waals surface area (Å²) in [6, 6.07) is 5.42. The zero-order valence-electron chi connectivity index (χ0n) is 19.7. The molecule has 3 rings (SSSR count). The van der Waals surface area contributed by atoms with Crippen LogP contribution in [0.2, 0.25) is 0 Å². The lowest BCUT2D eigenvalue weighted by atomic mass is 10.1. The van der Waals surface area contributed by atoms with Crippen molar-refractivity contribution in [2.45, 2.75) is 70.4 Å². The number of ether oxygens (including phenoxy) is 1. The van der Waals surface area contributed by atoms with Crippen molar-refractivity contribution < 1.29 is 17.9 Å². The van der Waals surface area contributed by atoms with E-state index in [4.69, 9.17) is 9.72 Å². The molecule has 0 atom stereocenters. The van der Waals surface area contributed by atoms with Gasteiger partial charge in [-0.1, -0.05) is 20.8 Å². The van der Waals surface area contributed by atoms with Gasteiger partial charge in [0, 0.05) is 45.6 Å². The summed E-state index contributed by atoms with van der Waals surface area (Å²) in [5.41, 5.74) is 1.56. The Hall–Kier alpha value is -1.97. The number of carbonyl (C=O) groups is 1. The quantitative estimate of drug-likeness (QED) is 0.540. The second kappa shape index (κ2) is 10.8. The molecule has 0 bridgehead atoms. The minimum Gasteiger partial charge on any atom is -0.379 e. The highest BCUT2D eigenvalue weighted by Gasteiger charge is 2.27. The van der Waals surface area contributed by atoms with Crippen molar-refractivity contribution in [1.29, 1.82) is 0 Å². The highest BCUT2D eigenvalue weighted by molar-refractivity contribution is 7.89. The van der Waals surface area contributed by atoms with Gasteiger partial charge in [0.25, 0.3) is 0 Å². The summed E-state index contributed by atoms with van der Waals surface area (Å²) in [7, 11) is -1.71. The van der Waals surface area contributed by atoms with E-state index in [1.165, 1.54) is 4.31 Å². The van der Waals surface area contributed by atoms with Gasteiger partial charge < -0.3 is 14.2 Å². The van der Waals surface area contributed by atoms with Crippen LogP contribution in [-0.4, -0.2) is 72.5 Å². The predicted octanol–water partition coefficient (Wildman–Crippen LogP) is 3.05. The van der Waals surface area contributed by atoms with Crippen LogP contribution in [-0.2, 0) is 32.5 Å². The van der Waals surface area contributed by atoms with Gasteiger partial charge in [0.1, 0.15) is 5.82 Å². The summed E-state index contributed by atoms with van der Waals surface area (Å²) in [6.07, 6.45) is 3.72. The van der Waals surface area contributed by atoms with Crippen LogP contribution >= 0.6 is 0 Å². The van der Waals surface area contributed by atoms with Crippen LogP contribution in [0.5, 0.6) is 0 Å². The van der Waals surface area contributed by atoms with Gasteiger partial charge in [0.15, 0.2) is 0 Å². The average molecular weight is 465 g/mol. The van der Waals surface area contributed by atoms with Gasteiger partial charge >= 0.3 is 0 Å². The molecule has 0 saturated carbocycles. The molecule has 2 heterocycles. The first kappa shape index (κ1) is 24.7. The lowest BCUT2D eigenvalue weighted by Gasteiger charge is -2.26. The molecule has 0 unspecified atom stereocenters. The molecule has 178 valence electrons. The van der Waals surface area contributed by atoms with Crippen molar-refractivity contribution in [1.82, 2.24) is 18.8 Å². The first-order chi connectivity index (χ1) is 15.3. The van der Waals surface area contributed by atoms with E-state index in [2.05, 4.69) is 25.3 Å². The molecule has 1 aliphatic heterocycles. The third-order valence-corrected chi connectivity index (χ3v) is 8.19. The van der Waals surface area contributed by atoms with Crippen LogP contribution in [0.4, 0.5) is 0 Å². The summed E-state index contributed by atoms with van der Waals surface area (Å²) in [6.45, 7) is 8.62. The summed E-state index contributed by atoms with van der Waals surface area (Å²) in [5, 5.41) is 0. The largest absolute Gasteiger partial charge is 0.379 e. The molecule has 32 heavy (non-hydrogen) atoms. The van der Waals surface area contributed by atoms with E-state index in [1.54, 1.807) is 12.1 Å². The van der Waals surface area contributed by atoms with Crippen molar-refractivity contribution in [3.05, 3.63) is 24.0 Å². The number of nitrogens with zero attached hydrogens (tertiary/aromatic N) is 4. The van der Waals surface area contributed by atoms with E-state index < -0.39 is 10.0 Å². The number of morpholine rings is 1. The molecule has 1 aliphatic rings. The van der Waals surface area contributed by atoms with Gasteiger partial charge in [-0.3, -0.25) is 4.79 Å². The number of fused-ring (bicyclic) bond motifs is 1. The SMILES string of the molecule is CCCn1c(CCC(=O)N(C)C(CC)CC)nc2cc(S(=O)(=O)N3CCOCC3)ccc21. The molecule has 2 aromatic rings. The Morgan fingerprint density at radius 1 is 1.19 bits per heavy atom. The average Bonchev–Trinajstić information content (AvgIpc) is 3.15. The van der Waals surface area contributed by atoms with Crippen molar-refractivity contribution in [3.63, 3.8) is 0 Å². The Bertz CT molecular complexity index is 1020. The van der Waals surface area contributed by atoms with E-state index in [0.29, 0.717) is 44.7 Å². The first-order valence-electron chi connectivity index (χ1n) is 11.7. The zero-order valence-corrected chi connectivity index (χ0v) is 20.5. The molecule has 0 radical (unpaired) electrons. The maximum atomic E-state index is 13.0. The van der Waals surface area contributed by atoms with Crippen molar-refractivity contribution in [2.75, 3.05) is 33.4 Å². The monoisotopic (exact) mass is 464 g/mol. The van der Waals surface area contributed by atoms with Gasteiger partial charge in [-0.05, 0) is 37.5 Å². The lowest BCUT2D eigenvalue weighted by molar-refractivity contribution is -0.132. The highest BCUT2D eigenvalue weighted by Crippen LogP contribution is 2.24. The van der Waals surface area contributed by atoms with Gasteiger partial charge in [-0.15, -0.1) is 0 Å². The third-order valence-electron chi connectivity index (χ3n) is 6.30. The topological polar surface area (TPSA) is 84.7 Å². The van der Waals surface area contributed by atoms with Gasteiger partial charge in [-0.25, -0.2) is 13.4 Å². The maximum absolute atomic E-state index is 13.0. The highest BCUT2D eigenvalue weighted by atomic mass is 32.2. The second-order valence-electron chi connectivity index (χ2n) is 8.32. The summed E-state index contributed by atoms with van der Waals surface area (Å²) >= 11 is 0. The Morgan fingerprint density at radius 2 is 1.88 bits per heavy atom. The number of benzene rings is 1. The molecule has 0 N–H and O–H groups in total. The number of amides is 1. The number of imidazole rings is 1. The zero-order chi connectivity index (χ0) is 23.3. The van der Waals surface area contributed by atoms with Crippen LogP contribution < -0.4 is 0 Å². The lowest BCUT2D eigenvalue weighted by Crippen LogP contribution is -2.40. The van der Waals surface area contributed by atoms with Gasteiger partial charge in [0.2, 0.25) is 15.9 Å².